The van der Waals surface area contributed by atoms with Crippen LogP contribution in [0.25, 0.3) is 0 Å². The molecule has 1 aliphatic rings. The summed E-state index contributed by atoms with van der Waals surface area (Å²) >= 11 is 6.23. The van der Waals surface area contributed by atoms with Crippen LogP contribution in [0, 0.1) is 0 Å². The highest BCUT2D eigenvalue weighted by Gasteiger charge is 2.30. The van der Waals surface area contributed by atoms with Crippen molar-refractivity contribution in [2.75, 3.05) is 43.1 Å². The Balaban J connectivity index is 2.08. The number of nitrogens with one attached hydrogen (secondary N) is 1. The molecule has 24 heavy (non-hydrogen) atoms. The summed E-state index contributed by atoms with van der Waals surface area (Å²) in [5.74, 6) is -0.670. The molecule has 5 nitrogen and oxygen atoms in total. The molecule has 1 saturated heterocycles. The molecular formula is C15H18ClF3N2O3. The van der Waals surface area contributed by atoms with E-state index in [2.05, 4.69) is 10.1 Å². The number of carbonyl (C=O) groups is 1. The van der Waals surface area contributed by atoms with Crippen molar-refractivity contribution in [2.45, 2.75) is 19.2 Å². The number of anilines is 2. The normalized spacial score (nSPS) is 16.8. The number of amides is 1. The highest BCUT2D eigenvalue weighted by molar-refractivity contribution is 6.34. The Morgan fingerprint density at radius 2 is 2.08 bits per heavy atom. The SMILES string of the molecule is C[C@@H](OCC(F)(F)F)C(=O)Nc1cccc(Cl)c1N1CCOCC1. The molecule has 0 saturated carbocycles. The summed E-state index contributed by atoms with van der Waals surface area (Å²) in [5.41, 5.74) is 1.05. The molecule has 1 fully saturated rings. The molecule has 1 N–H and O–H groups in total. The van der Waals surface area contributed by atoms with E-state index in [9.17, 15) is 18.0 Å². The van der Waals surface area contributed by atoms with Gasteiger partial charge < -0.3 is 19.7 Å². The molecule has 1 amide bonds. The molecule has 0 aromatic heterocycles. The van der Waals surface area contributed by atoms with Gasteiger partial charge in [0, 0.05) is 13.1 Å². The highest BCUT2D eigenvalue weighted by atomic mass is 35.5. The van der Waals surface area contributed by atoms with Gasteiger partial charge in [0.15, 0.2) is 0 Å². The Bertz CT molecular complexity index is 578. The van der Waals surface area contributed by atoms with Crippen molar-refractivity contribution < 1.29 is 27.4 Å². The van der Waals surface area contributed by atoms with Crippen molar-refractivity contribution in [1.29, 1.82) is 0 Å². The number of hydrogen-bond acceptors (Lipinski definition) is 4. The van der Waals surface area contributed by atoms with Crippen molar-refractivity contribution in [3.63, 3.8) is 0 Å². The Hall–Kier alpha value is -1.51. The predicted octanol–water partition coefficient (Wildman–Crippen LogP) is 3.08. The van der Waals surface area contributed by atoms with Crippen LogP contribution in [0.3, 0.4) is 0 Å². The fraction of sp³-hybridized carbons (Fsp3) is 0.533. The maximum atomic E-state index is 12.2. The molecule has 0 aliphatic carbocycles. The van der Waals surface area contributed by atoms with Crippen molar-refractivity contribution in [1.82, 2.24) is 0 Å². The van der Waals surface area contributed by atoms with Crippen molar-refractivity contribution in [3.05, 3.63) is 23.2 Å². The second-order valence-corrected chi connectivity index (χ2v) is 5.70. The first kappa shape index (κ1) is 18.8. The van der Waals surface area contributed by atoms with E-state index >= 15 is 0 Å². The monoisotopic (exact) mass is 366 g/mol. The molecule has 1 aromatic rings. The topological polar surface area (TPSA) is 50.8 Å². The predicted molar refractivity (Wildman–Crippen MR) is 84.6 cm³/mol. The van der Waals surface area contributed by atoms with Crippen LogP contribution in [0.1, 0.15) is 6.92 Å². The highest BCUT2D eigenvalue weighted by Crippen LogP contribution is 2.34. The third kappa shape index (κ3) is 5.25. The standard InChI is InChI=1S/C15H18ClF3N2O3/c1-10(24-9-15(17,18)19)14(22)20-12-4-2-3-11(16)13(12)21-5-7-23-8-6-21/h2-4,10H,5-9H2,1H3,(H,20,22)/t10-/m1/s1. The molecule has 9 heteroatoms. The van der Waals surface area contributed by atoms with Gasteiger partial charge in [0.05, 0.1) is 29.6 Å². The lowest BCUT2D eigenvalue weighted by Crippen LogP contribution is -2.37. The molecule has 1 atom stereocenters. The second kappa shape index (κ2) is 8.04. The van der Waals surface area contributed by atoms with Crippen LogP contribution < -0.4 is 10.2 Å². The fourth-order valence-corrected chi connectivity index (χ4v) is 2.55. The number of alkyl halides is 3. The van der Waals surface area contributed by atoms with E-state index in [-0.39, 0.29) is 0 Å². The maximum absolute atomic E-state index is 12.2. The first-order chi connectivity index (χ1) is 11.3. The molecular weight excluding hydrogens is 349 g/mol. The van der Waals surface area contributed by atoms with E-state index in [1.54, 1.807) is 18.2 Å². The smallest absolute Gasteiger partial charge is 0.378 e. The van der Waals surface area contributed by atoms with Gasteiger partial charge in [0.2, 0.25) is 0 Å². The third-order valence-corrected chi connectivity index (χ3v) is 3.74. The zero-order chi connectivity index (χ0) is 17.7. The number of rotatable bonds is 5. The summed E-state index contributed by atoms with van der Waals surface area (Å²) in [6.07, 6.45) is -5.73. The quantitative estimate of drug-likeness (QED) is 0.870. The van der Waals surface area contributed by atoms with E-state index < -0.39 is 24.8 Å². The molecule has 0 bridgehead atoms. The van der Waals surface area contributed by atoms with Crippen molar-refractivity contribution >= 4 is 28.9 Å². The largest absolute Gasteiger partial charge is 0.411 e. The average molecular weight is 367 g/mol. The van der Waals surface area contributed by atoms with Gasteiger partial charge in [-0.3, -0.25) is 4.79 Å². The van der Waals surface area contributed by atoms with Crippen LogP contribution in [0.5, 0.6) is 0 Å². The van der Waals surface area contributed by atoms with Gasteiger partial charge in [-0.15, -0.1) is 0 Å². The average Bonchev–Trinajstić information content (AvgIpc) is 2.53. The summed E-state index contributed by atoms with van der Waals surface area (Å²) < 4.78 is 46.4. The van der Waals surface area contributed by atoms with Gasteiger partial charge in [-0.05, 0) is 19.1 Å². The molecule has 134 valence electrons. The molecule has 1 aromatic carbocycles. The summed E-state index contributed by atoms with van der Waals surface area (Å²) in [6, 6.07) is 4.99. The zero-order valence-corrected chi connectivity index (χ0v) is 13.8. The molecule has 0 unspecified atom stereocenters. The summed E-state index contributed by atoms with van der Waals surface area (Å²) in [5, 5.41) is 3.03. The number of morpholine rings is 1. The third-order valence-electron chi connectivity index (χ3n) is 3.44. The number of ether oxygens (including phenoxy) is 2. The van der Waals surface area contributed by atoms with E-state index in [1.165, 1.54) is 6.92 Å². The van der Waals surface area contributed by atoms with Gasteiger partial charge in [-0.1, -0.05) is 17.7 Å². The fourth-order valence-electron chi connectivity index (χ4n) is 2.25. The van der Waals surface area contributed by atoms with Gasteiger partial charge in [-0.2, -0.15) is 13.2 Å². The van der Waals surface area contributed by atoms with E-state index in [4.69, 9.17) is 16.3 Å². The van der Waals surface area contributed by atoms with Gasteiger partial charge in [0.1, 0.15) is 12.7 Å². The lowest BCUT2D eigenvalue weighted by molar-refractivity contribution is -0.184. The van der Waals surface area contributed by atoms with Gasteiger partial charge in [0.25, 0.3) is 5.91 Å². The molecule has 0 spiro atoms. The zero-order valence-electron chi connectivity index (χ0n) is 13.0. The van der Waals surface area contributed by atoms with E-state index in [1.807, 2.05) is 4.90 Å². The number of halogens is 4. The second-order valence-electron chi connectivity index (χ2n) is 5.29. The summed E-state index contributed by atoms with van der Waals surface area (Å²) in [7, 11) is 0. The van der Waals surface area contributed by atoms with E-state index in [0.29, 0.717) is 42.7 Å². The number of hydrogen-bond donors (Lipinski definition) is 1. The number of benzene rings is 1. The van der Waals surface area contributed by atoms with Crippen LogP contribution in [0.4, 0.5) is 24.5 Å². The number of carbonyl (C=O) groups excluding carboxylic acids is 1. The first-order valence-electron chi connectivity index (χ1n) is 7.38. The summed E-state index contributed by atoms with van der Waals surface area (Å²) in [6.45, 7) is 2.06. The Morgan fingerprint density at radius 1 is 1.42 bits per heavy atom. The van der Waals surface area contributed by atoms with Crippen LogP contribution in [0.15, 0.2) is 18.2 Å². The van der Waals surface area contributed by atoms with Crippen LogP contribution in [0.2, 0.25) is 5.02 Å². The molecule has 1 heterocycles. The van der Waals surface area contributed by atoms with Crippen molar-refractivity contribution in [2.24, 2.45) is 0 Å². The molecule has 1 aliphatic heterocycles. The van der Waals surface area contributed by atoms with Crippen LogP contribution >= 0.6 is 11.6 Å². The number of para-hydroxylation sites is 1. The van der Waals surface area contributed by atoms with E-state index in [0.717, 1.165) is 0 Å². The Kier molecular flexibility index (Phi) is 6.31. The summed E-state index contributed by atoms with van der Waals surface area (Å²) in [4.78, 5) is 14.0. The van der Waals surface area contributed by atoms with Gasteiger partial charge >= 0.3 is 6.18 Å². The minimum atomic E-state index is -4.48. The van der Waals surface area contributed by atoms with Crippen molar-refractivity contribution in [3.8, 4) is 0 Å². The minimum absolute atomic E-state index is 0.428. The lowest BCUT2D eigenvalue weighted by Gasteiger charge is -2.31. The molecule has 2 rings (SSSR count). The number of nitrogens with zero attached hydrogens (tertiary/aromatic N) is 1. The lowest BCUT2D eigenvalue weighted by atomic mass is 10.2. The molecule has 0 radical (unpaired) electrons. The van der Waals surface area contributed by atoms with Crippen LogP contribution in [-0.2, 0) is 14.3 Å². The maximum Gasteiger partial charge on any atom is 0.411 e. The Labute approximate surface area is 142 Å². The minimum Gasteiger partial charge on any atom is -0.378 e. The Morgan fingerprint density at radius 3 is 2.71 bits per heavy atom. The van der Waals surface area contributed by atoms with Crippen LogP contribution in [-0.4, -0.2) is 51.1 Å². The first-order valence-corrected chi connectivity index (χ1v) is 7.76. The van der Waals surface area contributed by atoms with Gasteiger partial charge in [-0.25, -0.2) is 0 Å².